The maximum Gasteiger partial charge on any atom is 0.455 e. The lowest BCUT2D eigenvalue weighted by Crippen LogP contribution is -2.23. The van der Waals surface area contributed by atoms with Gasteiger partial charge in [-0.15, -0.1) is 0 Å². The van der Waals surface area contributed by atoms with Crippen molar-refractivity contribution < 1.29 is 18.0 Å². The number of carbonyl (C=O) groups excluding carboxylic acids is 1. The number of hydrogen-bond acceptors (Lipinski definition) is 3. The zero-order valence-corrected chi connectivity index (χ0v) is 8.78. The molecule has 0 saturated heterocycles. The molecule has 0 atom stereocenters. The van der Waals surface area contributed by atoms with Crippen LogP contribution in [0.15, 0.2) is 17.3 Å². The molecule has 0 saturated carbocycles. The molecule has 88 valence electrons. The Hall–Kier alpha value is -1.50. The fourth-order valence-electron chi connectivity index (χ4n) is 0.830. The summed E-state index contributed by atoms with van der Waals surface area (Å²) in [6.07, 6.45) is -4.23. The monoisotopic (exact) mass is 253 g/mol. The number of ketones is 1. The van der Waals surface area contributed by atoms with Crippen molar-refractivity contribution in [2.75, 3.05) is 5.32 Å². The quantitative estimate of drug-likeness (QED) is 0.813. The van der Waals surface area contributed by atoms with Gasteiger partial charge in [-0.1, -0.05) is 11.6 Å². The van der Waals surface area contributed by atoms with Crippen LogP contribution in [0.3, 0.4) is 0 Å². The highest BCUT2D eigenvalue weighted by Crippen LogP contribution is 2.22. The molecule has 0 aliphatic heterocycles. The molecule has 0 amide bonds. The van der Waals surface area contributed by atoms with Crippen LogP contribution in [0.25, 0.3) is 0 Å². The Kier molecular flexibility index (Phi) is 3.58. The van der Waals surface area contributed by atoms with Gasteiger partial charge in [-0.25, -0.2) is 0 Å². The Bertz CT molecular complexity index is 424. The molecule has 4 nitrogen and oxygen atoms in total. The molecule has 0 radical (unpaired) electrons. The van der Waals surface area contributed by atoms with E-state index in [-0.39, 0.29) is 5.82 Å². The van der Waals surface area contributed by atoms with Gasteiger partial charge in [0, 0.05) is 18.0 Å². The van der Waals surface area contributed by atoms with Crippen molar-refractivity contribution in [1.82, 2.24) is 10.2 Å². The number of aromatic amines is 1. The first kappa shape index (κ1) is 12.6. The van der Waals surface area contributed by atoms with E-state index in [1.807, 2.05) is 0 Å². The molecule has 0 fully saturated rings. The van der Waals surface area contributed by atoms with E-state index in [1.165, 1.54) is 0 Å². The van der Waals surface area contributed by atoms with Gasteiger partial charge in [0.15, 0.2) is 5.82 Å². The second kappa shape index (κ2) is 4.56. The normalized spacial score (nSPS) is 12.7. The average molecular weight is 254 g/mol. The van der Waals surface area contributed by atoms with E-state index < -0.39 is 17.0 Å². The van der Waals surface area contributed by atoms with Crippen molar-refractivity contribution in [3.63, 3.8) is 0 Å². The summed E-state index contributed by atoms with van der Waals surface area (Å²) in [7, 11) is 0. The highest BCUT2D eigenvalue weighted by Gasteiger charge is 2.40. The largest absolute Gasteiger partial charge is 0.455 e. The lowest BCUT2D eigenvalue weighted by Gasteiger charge is -2.03. The van der Waals surface area contributed by atoms with E-state index in [0.29, 0.717) is 5.69 Å². The molecule has 0 bridgehead atoms. The third-order valence-electron chi connectivity index (χ3n) is 1.53. The van der Waals surface area contributed by atoms with Crippen LogP contribution < -0.4 is 5.32 Å². The number of allylic oxidation sites excluding steroid dienone is 1. The Morgan fingerprint density at radius 2 is 2.25 bits per heavy atom. The zero-order valence-electron chi connectivity index (χ0n) is 8.02. The Morgan fingerprint density at radius 3 is 2.69 bits per heavy atom. The van der Waals surface area contributed by atoms with Gasteiger partial charge >= 0.3 is 6.18 Å². The summed E-state index contributed by atoms with van der Waals surface area (Å²) in [5, 5.41) is 7.65. The average Bonchev–Trinajstić information content (AvgIpc) is 2.58. The standard InChI is InChI=1S/C8H7ClF3N3O/c1-4-2-6(15-14-4)13-3-5(9)7(16)8(10,11)12/h2-3H,1H3,(H2,13,14,15)/b5-3-. The number of carbonyl (C=O) groups is 1. The van der Waals surface area contributed by atoms with Gasteiger partial charge in [0.2, 0.25) is 0 Å². The smallest absolute Gasteiger partial charge is 0.344 e. The van der Waals surface area contributed by atoms with E-state index in [1.54, 1.807) is 13.0 Å². The van der Waals surface area contributed by atoms with Crippen molar-refractivity contribution in [3.8, 4) is 0 Å². The number of hydrogen-bond donors (Lipinski definition) is 2. The van der Waals surface area contributed by atoms with Crippen LogP contribution in [0.2, 0.25) is 0 Å². The molecule has 0 aliphatic carbocycles. The first-order valence-electron chi connectivity index (χ1n) is 4.06. The predicted octanol–water partition coefficient (Wildman–Crippen LogP) is 2.34. The summed E-state index contributed by atoms with van der Waals surface area (Å²) in [5.74, 6) is -1.83. The number of aryl methyl sites for hydroxylation is 1. The van der Waals surface area contributed by atoms with Crippen molar-refractivity contribution >= 4 is 23.2 Å². The van der Waals surface area contributed by atoms with Crippen molar-refractivity contribution in [2.24, 2.45) is 0 Å². The van der Waals surface area contributed by atoms with Gasteiger partial charge in [0.25, 0.3) is 5.78 Å². The zero-order chi connectivity index (χ0) is 12.3. The maximum absolute atomic E-state index is 11.9. The lowest BCUT2D eigenvalue weighted by atomic mass is 10.3. The van der Waals surface area contributed by atoms with Crippen LogP contribution in [-0.4, -0.2) is 22.2 Å². The molecular weight excluding hydrogens is 247 g/mol. The number of rotatable bonds is 3. The molecular formula is C8H7ClF3N3O. The van der Waals surface area contributed by atoms with Crippen LogP contribution >= 0.6 is 11.6 Å². The minimum atomic E-state index is -4.98. The number of Topliss-reactive ketones (excluding diaryl/α,β-unsaturated/α-hetero) is 1. The van der Waals surface area contributed by atoms with E-state index >= 15 is 0 Å². The van der Waals surface area contributed by atoms with Crippen molar-refractivity contribution in [1.29, 1.82) is 0 Å². The number of halogens is 4. The van der Waals surface area contributed by atoms with Crippen molar-refractivity contribution in [2.45, 2.75) is 13.1 Å². The number of aromatic nitrogens is 2. The van der Waals surface area contributed by atoms with Crippen molar-refractivity contribution in [3.05, 3.63) is 23.0 Å². The van der Waals surface area contributed by atoms with E-state index in [9.17, 15) is 18.0 Å². The van der Waals surface area contributed by atoms with E-state index in [2.05, 4.69) is 15.5 Å². The molecule has 16 heavy (non-hydrogen) atoms. The summed E-state index contributed by atoms with van der Waals surface area (Å²) >= 11 is 5.16. The number of alkyl halides is 3. The fraction of sp³-hybridized carbons (Fsp3) is 0.250. The number of nitrogens with one attached hydrogen (secondary N) is 2. The molecule has 1 heterocycles. The van der Waals surface area contributed by atoms with Gasteiger partial charge in [-0.05, 0) is 6.92 Å². The first-order valence-corrected chi connectivity index (χ1v) is 4.44. The van der Waals surface area contributed by atoms with Crippen LogP contribution in [0.5, 0.6) is 0 Å². The Morgan fingerprint density at radius 1 is 1.62 bits per heavy atom. The second-order valence-corrected chi connectivity index (χ2v) is 3.31. The number of H-pyrrole nitrogens is 1. The minimum absolute atomic E-state index is 0.269. The highest BCUT2D eigenvalue weighted by atomic mass is 35.5. The molecule has 0 aromatic carbocycles. The van der Waals surface area contributed by atoms with Crippen LogP contribution in [0.1, 0.15) is 5.69 Å². The molecule has 1 aromatic heterocycles. The highest BCUT2D eigenvalue weighted by molar-refractivity contribution is 6.43. The third-order valence-corrected chi connectivity index (χ3v) is 1.81. The van der Waals surface area contributed by atoms with Gasteiger partial charge in [-0.3, -0.25) is 9.89 Å². The molecule has 0 aliphatic rings. The summed E-state index contributed by atoms with van der Waals surface area (Å²) in [6, 6.07) is 1.54. The van der Waals surface area contributed by atoms with E-state index in [0.717, 1.165) is 6.20 Å². The van der Waals surface area contributed by atoms with Gasteiger partial charge in [-0.2, -0.15) is 18.3 Å². The SMILES string of the molecule is Cc1cc(N/C=C(\Cl)C(=O)C(F)(F)F)n[nH]1. The summed E-state index contributed by atoms with van der Waals surface area (Å²) in [4.78, 5) is 10.6. The molecule has 0 unspecified atom stereocenters. The Balaban J connectivity index is 2.68. The van der Waals surface area contributed by atoms with Crippen LogP contribution in [0.4, 0.5) is 19.0 Å². The minimum Gasteiger partial charge on any atom is -0.344 e. The maximum atomic E-state index is 11.9. The first-order chi connectivity index (χ1) is 7.30. The van der Waals surface area contributed by atoms with Gasteiger partial charge < -0.3 is 5.32 Å². The lowest BCUT2D eigenvalue weighted by molar-refractivity contribution is -0.165. The number of nitrogens with zero attached hydrogens (tertiary/aromatic N) is 1. The van der Waals surface area contributed by atoms with Gasteiger partial charge in [0.1, 0.15) is 5.03 Å². The molecule has 1 rings (SSSR count). The second-order valence-electron chi connectivity index (χ2n) is 2.90. The summed E-state index contributed by atoms with van der Waals surface area (Å²) in [6.45, 7) is 1.71. The fourth-order valence-corrected chi connectivity index (χ4v) is 0.992. The molecule has 1 aromatic rings. The van der Waals surface area contributed by atoms with E-state index in [4.69, 9.17) is 11.6 Å². The van der Waals surface area contributed by atoms with Crippen LogP contribution in [0, 0.1) is 6.92 Å². The predicted molar refractivity (Wildman–Crippen MR) is 51.9 cm³/mol. The Labute approximate surface area is 93.5 Å². The third kappa shape index (κ3) is 3.27. The summed E-state index contributed by atoms with van der Waals surface area (Å²) < 4.78 is 35.7. The van der Waals surface area contributed by atoms with Crippen LogP contribution in [-0.2, 0) is 4.79 Å². The molecule has 2 N–H and O–H groups in total. The number of anilines is 1. The molecule has 8 heteroatoms. The molecule has 0 spiro atoms. The van der Waals surface area contributed by atoms with Gasteiger partial charge in [0.05, 0.1) is 0 Å². The topological polar surface area (TPSA) is 57.8 Å². The summed E-state index contributed by atoms with van der Waals surface area (Å²) in [5.41, 5.74) is 0.717.